The fourth-order valence-corrected chi connectivity index (χ4v) is 4.39. The Morgan fingerprint density at radius 1 is 0.808 bits per heavy atom. The molecule has 2 atom stereocenters. The summed E-state index contributed by atoms with van der Waals surface area (Å²) in [6.45, 7) is 0. The molecule has 1 aliphatic rings. The average Bonchev–Trinajstić information content (AvgIpc) is 3.05. The summed E-state index contributed by atoms with van der Waals surface area (Å²) in [6, 6.07) is 28.6. The lowest BCUT2D eigenvalue weighted by atomic mass is 9.80. The molecule has 0 fully saturated rings. The molecule has 0 saturated carbocycles. The number of benzene rings is 3. The molecular weight excluding hydrogens is 316 g/mol. The van der Waals surface area contributed by atoms with Crippen LogP contribution >= 0.6 is 0 Å². The smallest absolute Gasteiger partial charge is 0.0523 e. The number of rotatable bonds is 2. The number of anilines is 1. The van der Waals surface area contributed by atoms with Crippen molar-refractivity contribution in [1.82, 2.24) is 4.57 Å². The van der Waals surface area contributed by atoms with E-state index in [0.717, 1.165) is 6.42 Å². The molecule has 0 bridgehead atoms. The van der Waals surface area contributed by atoms with Crippen molar-refractivity contribution in [3.63, 3.8) is 0 Å². The lowest BCUT2D eigenvalue weighted by Gasteiger charge is -2.33. The van der Waals surface area contributed by atoms with E-state index >= 15 is 0 Å². The first-order valence-electron chi connectivity index (χ1n) is 9.25. The Hall–Kier alpha value is -3.00. The van der Waals surface area contributed by atoms with E-state index in [2.05, 4.69) is 102 Å². The SMILES string of the molecule is Cn1cc([C@H]2C[C@@H](c3ccccc3)Nc3ccccc32)c2ccccc21. The first kappa shape index (κ1) is 15.3. The molecule has 128 valence electrons. The fraction of sp³-hybridized carbons (Fsp3) is 0.167. The predicted octanol–water partition coefficient (Wildman–Crippen LogP) is 5.87. The van der Waals surface area contributed by atoms with Gasteiger partial charge < -0.3 is 9.88 Å². The number of hydrogen-bond acceptors (Lipinski definition) is 1. The number of hydrogen-bond donors (Lipinski definition) is 1. The normalized spacial score (nSPS) is 19.1. The van der Waals surface area contributed by atoms with Gasteiger partial charge in [-0.3, -0.25) is 0 Å². The zero-order valence-corrected chi connectivity index (χ0v) is 14.9. The van der Waals surface area contributed by atoms with E-state index in [4.69, 9.17) is 0 Å². The van der Waals surface area contributed by atoms with Crippen molar-refractivity contribution < 1.29 is 0 Å². The van der Waals surface area contributed by atoms with Gasteiger partial charge in [-0.25, -0.2) is 0 Å². The van der Waals surface area contributed by atoms with Crippen LogP contribution in [0, 0.1) is 0 Å². The Morgan fingerprint density at radius 3 is 2.42 bits per heavy atom. The number of fused-ring (bicyclic) bond motifs is 2. The van der Waals surface area contributed by atoms with E-state index in [1.165, 1.54) is 33.3 Å². The quantitative estimate of drug-likeness (QED) is 0.484. The summed E-state index contributed by atoms with van der Waals surface area (Å²) in [4.78, 5) is 0. The zero-order valence-electron chi connectivity index (χ0n) is 14.9. The minimum atomic E-state index is 0.329. The van der Waals surface area contributed by atoms with Crippen LogP contribution in [-0.4, -0.2) is 4.57 Å². The van der Waals surface area contributed by atoms with Gasteiger partial charge in [-0.15, -0.1) is 0 Å². The van der Waals surface area contributed by atoms with E-state index in [-0.39, 0.29) is 0 Å². The molecule has 2 nitrogen and oxygen atoms in total. The summed E-state index contributed by atoms with van der Waals surface area (Å²) in [5.41, 5.74) is 6.74. The molecule has 26 heavy (non-hydrogen) atoms. The molecule has 5 rings (SSSR count). The lowest BCUT2D eigenvalue weighted by molar-refractivity contribution is 0.605. The third-order valence-corrected chi connectivity index (χ3v) is 5.64. The molecule has 0 saturated heterocycles. The van der Waals surface area contributed by atoms with Crippen LogP contribution in [0.15, 0.2) is 85.1 Å². The van der Waals surface area contributed by atoms with Gasteiger partial charge in [-0.2, -0.15) is 0 Å². The standard InChI is InChI=1S/C24H22N2/c1-26-16-21(19-12-6-8-14-24(19)26)20-15-23(17-9-3-2-4-10-17)25-22-13-7-5-11-18(20)22/h2-14,16,20,23,25H,15H2,1H3/t20-,23-/m0/s1. The summed E-state index contributed by atoms with van der Waals surface area (Å²) >= 11 is 0. The topological polar surface area (TPSA) is 17.0 Å². The van der Waals surface area contributed by atoms with Gasteiger partial charge in [0.25, 0.3) is 0 Å². The molecule has 0 spiro atoms. The molecule has 1 aliphatic heterocycles. The van der Waals surface area contributed by atoms with Gasteiger partial charge >= 0.3 is 0 Å². The lowest BCUT2D eigenvalue weighted by Crippen LogP contribution is -2.22. The van der Waals surface area contributed by atoms with Gasteiger partial charge in [0.15, 0.2) is 0 Å². The zero-order chi connectivity index (χ0) is 17.5. The molecule has 4 aromatic rings. The monoisotopic (exact) mass is 338 g/mol. The highest BCUT2D eigenvalue weighted by molar-refractivity contribution is 5.85. The summed E-state index contributed by atoms with van der Waals surface area (Å²) in [5.74, 6) is 0.392. The van der Waals surface area contributed by atoms with Crippen LogP contribution in [0.4, 0.5) is 5.69 Å². The predicted molar refractivity (Wildman–Crippen MR) is 109 cm³/mol. The highest BCUT2D eigenvalue weighted by Crippen LogP contribution is 2.45. The summed E-state index contributed by atoms with van der Waals surface area (Å²) in [5, 5.41) is 5.13. The molecule has 2 heterocycles. The maximum Gasteiger partial charge on any atom is 0.0523 e. The first-order chi connectivity index (χ1) is 12.8. The van der Waals surface area contributed by atoms with Gasteiger partial charge in [-0.05, 0) is 35.2 Å². The third kappa shape index (κ3) is 2.41. The second-order valence-corrected chi connectivity index (χ2v) is 7.20. The third-order valence-electron chi connectivity index (χ3n) is 5.64. The molecule has 0 unspecified atom stereocenters. The van der Waals surface area contributed by atoms with Crippen LogP contribution in [0.3, 0.4) is 0 Å². The van der Waals surface area contributed by atoms with Gasteiger partial charge in [0.1, 0.15) is 0 Å². The molecule has 2 heteroatoms. The Bertz CT molecular complexity index is 1060. The van der Waals surface area contributed by atoms with Gasteiger partial charge in [0.05, 0.1) is 6.04 Å². The second kappa shape index (κ2) is 6.06. The molecule has 0 radical (unpaired) electrons. The number of nitrogens with zero attached hydrogens (tertiary/aromatic N) is 1. The number of para-hydroxylation sites is 2. The summed E-state index contributed by atoms with van der Waals surface area (Å²) in [7, 11) is 2.15. The summed E-state index contributed by atoms with van der Waals surface area (Å²) in [6.07, 6.45) is 3.38. The van der Waals surface area contributed by atoms with Crippen LogP contribution in [0.5, 0.6) is 0 Å². The van der Waals surface area contributed by atoms with E-state index in [1.807, 2.05) is 0 Å². The van der Waals surface area contributed by atoms with Crippen LogP contribution in [-0.2, 0) is 7.05 Å². The van der Waals surface area contributed by atoms with Crippen molar-refractivity contribution in [2.24, 2.45) is 7.05 Å². The van der Waals surface area contributed by atoms with Crippen molar-refractivity contribution in [3.8, 4) is 0 Å². The molecule has 1 aromatic heterocycles. The Balaban J connectivity index is 1.67. The minimum Gasteiger partial charge on any atom is -0.378 e. The fourth-order valence-electron chi connectivity index (χ4n) is 4.39. The Labute approximate surface area is 154 Å². The minimum absolute atomic E-state index is 0.329. The van der Waals surface area contributed by atoms with Crippen LogP contribution in [0.2, 0.25) is 0 Å². The van der Waals surface area contributed by atoms with Crippen molar-refractivity contribution in [2.75, 3.05) is 5.32 Å². The summed E-state index contributed by atoms with van der Waals surface area (Å²) < 4.78 is 2.26. The molecule has 1 N–H and O–H groups in total. The van der Waals surface area contributed by atoms with Crippen molar-refractivity contribution in [1.29, 1.82) is 0 Å². The van der Waals surface area contributed by atoms with Crippen LogP contribution in [0.1, 0.15) is 35.1 Å². The van der Waals surface area contributed by atoms with E-state index in [9.17, 15) is 0 Å². The average molecular weight is 338 g/mol. The van der Waals surface area contributed by atoms with Crippen LogP contribution < -0.4 is 5.32 Å². The molecular formula is C24H22N2. The molecule has 0 aliphatic carbocycles. The number of aryl methyl sites for hydroxylation is 1. The van der Waals surface area contributed by atoms with Crippen molar-refractivity contribution in [2.45, 2.75) is 18.4 Å². The van der Waals surface area contributed by atoms with Gasteiger partial charge in [0.2, 0.25) is 0 Å². The van der Waals surface area contributed by atoms with Crippen molar-refractivity contribution in [3.05, 3.63) is 102 Å². The first-order valence-corrected chi connectivity index (χ1v) is 9.25. The van der Waals surface area contributed by atoms with E-state index < -0.39 is 0 Å². The second-order valence-electron chi connectivity index (χ2n) is 7.20. The molecule has 3 aromatic carbocycles. The number of aromatic nitrogens is 1. The molecule has 0 amide bonds. The highest BCUT2D eigenvalue weighted by Gasteiger charge is 2.30. The number of nitrogens with one attached hydrogen (secondary N) is 1. The Kier molecular flexibility index (Phi) is 3.56. The van der Waals surface area contributed by atoms with Crippen LogP contribution in [0.25, 0.3) is 10.9 Å². The Morgan fingerprint density at radius 2 is 1.54 bits per heavy atom. The highest BCUT2D eigenvalue weighted by atomic mass is 14.9. The largest absolute Gasteiger partial charge is 0.378 e. The van der Waals surface area contributed by atoms with E-state index in [0.29, 0.717) is 12.0 Å². The maximum absolute atomic E-state index is 3.76. The van der Waals surface area contributed by atoms with E-state index in [1.54, 1.807) is 0 Å². The maximum atomic E-state index is 3.76. The van der Waals surface area contributed by atoms with Gasteiger partial charge in [0, 0.05) is 35.8 Å². The van der Waals surface area contributed by atoms with Crippen molar-refractivity contribution >= 4 is 16.6 Å². The van der Waals surface area contributed by atoms with Gasteiger partial charge in [-0.1, -0.05) is 66.7 Å².